The average molecular weight is 324 g/mol. The molecule has 0 saturated heterocycles. The number of para-hydroxylation sites is 1. The maximum atomic E-state index is 12.7. The fraction of sp³-hybridized carbons (Fsp3) is 0.333. The van der Waals surface area contributed by atoms with Gasteiger partial charge >= 0.3 is 0 Å². The minimum atomic E-state index is -0.0278. The quantitative estimate of drug-likeness (QED) is 0.924. The SMILES string of the molecule is CC1Cc2ccccc2N(C(=O)c2csc(CN)n2)C1.Cl. The van der Waals surface area contributed by atoms with Crippen LogP contribution in [0, 0.1) is 5.92 Å². The van der Waals surface area contributed by atoms with Crippen molar-refractivity contribution in [3.05, 3.63) is 45.9 Å². The van der Waals surface area contributed by atoms with Gasteiger partial charge in [0, 0.05) is 24.2 Å². The van der Waals surface area contributed by atoms with E-state index in [1.807, 2.05) is 23.1 Å². The fourth-order valence-corrected chi connectivity index (χ4v) is 3.28. The molecule has 2 aromatic rings. The number of amides is 1. The maximum absolute atomic E-state index is 12.7. The van der Waals surface area contributed by atoms with Crippen LogP contribution in [0.1, 0.15) is 28.0 Å². The second kappa shape index (κ2) is 6.56. The molecular formula is C15H18ClN3OS. The minimum absolute atomic E-state index is 0. The lowest BCUT2D eigenvalue weighted by atomic mass is 9.94. The van der Waals surface area contributed by atoms with Crippen LogP contribution in [-0.4, -0.2) is 17.4 Å². The molecule has 2 N–H and O–H groups in total. The largest absolute Gasteiger partial charge is 0.325 e. The summed E-state index contributed by atoms with van der Waals surface area (Å²) in [6, 6.07) is 8.10. The Labute approximate surface area is 134 Å². The molecule has 1 aliphatic heterocycles. The molecule has 1 aromatic heterocycles. The van der Waals surface area contributed by atoms with Crippen LogP contribution in [0.3, 0.4) is 0 Å². The van der Waals surface area contributed by atoms with E-state index in [2.05, 4.69) is 18.0 Å². The van der Waals surface area contributed by atoms with Crippen molar-refractivity contribution in [1.82, 2.24) is 4.98 Å². The van der Waals surface area contributed by atoms with Crippen molar-refractivity contribution in [2.75, 3.05) is 11.4 Å². The van der Waals surface area contributed by atoms with E-state index in [4.69, 9.17) is 5.73 Å². The second-order valence-electron chi connectivity index (χ2n) is 5.18. The molecule has 21 heavy (non-hydrogen) atoms. The monoisotopic (exact) mass is 323 g/mol. The van der Waals surface area contributed by atoms with Crippen LogP contribution in [0.4, 0.5) is 5.69 Å². The van der Waals surface area contributed by atoms with E-state index in [0.717, 1.165) is 23.7 Å². The zero-order chi connectivity index (χ0) is 14.1. The molecule has 0 bridgehead atoms. The molecule has 6 heteroatoms. The lowest BCUT2D eigenvalue weighted by Gasteiger charge is -2.32. The van der Waals surface area contributed by atoms with Gasteiger partial charge in [-0.3, -0.25) is 4.79 Å². The van der Waals surface area contributed by atoms with Crippen molar-refractivity contribution in [2.24, 2.45) is 11.7 Å². The van der Waals surface area contributed by atoms with Crippen molar-refractivity contribution in [1.29, 1.82) is 0 Å². The number of carbonyl (C=O) groups excluding carboxylic acids is 1. The summed E-state index contributed by atoms with van der Waals surface area (Å²) in [7, 11) is 0. The Morgan fingerprint density at radius 2 is 2.24 bits per heavy atom. The van der Waals surface area contributed by atoms with Crippen LogP contribution in [0.25, 0.3) is 0 Å². The van der Waals surface area contributed by atoms with E-state index in [-0.39, 0.29) is 18.3 Å². The molecule has 1 aromatic carbocycles. The van der Waals surface area contributed by atoms with E-state index in [1.54, 1.807) is 5.38 Å². The van der Waals surface area contributed by atoms with Crippen molar-refractivity contribution in [2.45, 2.75) is 19.9 Å². The number of anilines is 1. The first-order valence-electron chi connectivity index (χ1n) is 6.73. The molecule has 0 saturated carbocycles. The third-order valence-electron chi connectivity index (χ3n) is 3.54. The molecule has 0 radical (unpaired) electrons. The summed E-state index contributed by atoms with van der Waals surface area (Å²) in [5.41, 5.74) is 8.31. The van der Waals surface area contributed by atoms with Crippen molar-refractivity contribution in [3.63, 3.8) is 0 Å². The first kappa shape index (κ1) is 15.9. The van der Waals surface area contributed by atoms with E-state index >= 15 is 0 Å². The molecule has 0 spiro atoms. The zero-order valence-corrected chi connectivity index (χ0v) is 13.4. The Morgan fingerprint density at radius 1 is 1.48 bits per heavy atom. The molecule has 1 amide bonds. The Balaban J connectivity index is 0.00000161. The van der Waals surface area contributed by atoms with Crippen molar-refractivity contribution >= 4 is 35.3 Å². The number of carbonyl (C=O) groups is 1. The highest BCUT2D eigenvalue weighted by Crippen LogP contribution is 2.30. The number of fused-ring (bicyclic) bond motifs is 1. The van der Waals surface area contributed by atoms with Gasteiger partial charge in [0.25, 0.3) is 5.91 Å². The first-order chi connectivity index (χ1) is 9.69. The van der Waals surface area contributed by atoms with Crippen LogP contribution in [0.2, 0.25) is 0 Å². The summed E-state index contributed by atoms with van der Waals surface area (Å²) in [5, 5.41) is 2.60. The van der Waals surface area contributed by atoms with Gasteiger partial charge in [0.2, 0.25) is 0 Å². The molecule has 0 aliphatic carbocycles. The highest BCUT2D eigenvalue weighted by atomic mass is 35.5. The van der Waals surface area contributed by atoms with E-state index in [0.29, 0.717) is 18.2 Å². The zero-order valence-electron chi connectivity index (χ0n) is 11.8. The average Bonchev–Trinajstić information content (AvgIpc) is 2.94. The number of hydrogen-bond acceptors (Lipinski definition) is 4. The van der Waals surface area contributed by atoms with E-state index < -0.39 is 0 Å². The second-order valence-corrected chi connectivity index (χ2v) is 6.13. The lowest BCUT2D eigenvalue weighted by molar-refractivity contribution is 0.0976. The fourth-order valence-electron chi connectivity index (χ4n) is 2.63. The highest BCUT2D eigenvalue weighted by molar-refractivity contribution is 7.09. The van der Waals surface area contributed by atoms with Crippen LogP contribution in [0.15, 0.2) is 29.6 Å². The number of halogens is 1. The molecular weight excluding hydrogens is 306 g/mol. The lowest BCUT2D eigenvalue weighted by Crippen LogP contribution is -2.39. The smallest absolute Gasteiger partial charge is 0.277 e. The molecule has 0 fully saturated rings. The molecule has 4 nitrogen and oxygen atoms in total. The molecule has 3 rings (SSSR count). The summed E-state index contributed by atoms with van der Waals surface area (Å²) in [4.78, 5) is 18.8. The van der Waals surface area contributed by atoms with Gasteiger partial charge in [-0.1, -0.05) is 25.1 Å². The van der Waals surface area contributed by atoms with E-state index in [9.17, 15) is 4.79 Å². The van der Waals surface area contributed by atoms with Gasteiger partial charge in [0.15, 0.2) is 0 Å². The van der Waals surface area contributed by atoms with Crippen LogP contribution < -0.4 is 10.6 Å². The summed E-state index contributed by atoms with van der Waals surface area (Å²) in [6.45, 7) is 3.29. The minimum Gasteiger partial charge on any atom is -0.325 e. The van der Waals surface area contributed by atoms with Crippen molar-refractivity contribution in [3.8, 4) is 0 Å². The van der Waals surface area contributed by atoms with Crippen molar-refractivity contribution < 1.29 is 4.79 Å². The standard InChI is InChI=1S/C15H17N3OS.ClH/c1-10-6-11-4-2-3-5-13(11)18(8-10)15(19)12-9-20-14(7-16)17-12;/h2-5,9-10H,6-8,16H2,1H3;1H. The Bertz CT molecular complexity index is 643. The number of benzene rings is 1. The molecule has 2 heterocycles. The summed E-state index contributed by atoms with van der Waals surface area (Å²) in [6.07, 6.45) is 1.02. The normalized spacial score (nSPS) is 17.0. The van der Waals surface area contributed by atoms with Gasteiger partial charge in [0.05, 0.1) is 0 Å². The first-order valence-corrected chi connectivity index (χ1v) is 7.61. The Kier molecular flexibility index (Phi) is 4.98. The highest BCUT2D eigenvalue weighted by Gasteiger charge is 2.28. The van der Waals surface area contributed by atoms with Crippen LogP contribution >= 0.6 is 23.7 Å². The summed E-state index contributed by atoms with van der Waals surface area (Å²) >= 11 is 1.44. The van der Waals surface area contributed by atoms with Gasteiger partial charge in [-0.15, -0.1) is 23.7 Å². The maximum Gasteiger partial charge on any atom is 0.277 e. The van der Waals surface area contributed by atoms with Gasteiger partial charge in [-0.25, -0.2) is 4.98 Å². The number of nitrogens with two attached hydrogens (primary N) is 1. The van der Waals surface area contributed by atoms with Crippen LogP contribution in [-0.2, 0) is 13.0 Å². The molecule has 1 aliphatic rings. The third kappa shape index (κ3) is 3.10. The number of rotatable bonds is 2. The number of nitrogens with zero attached hydrogens (tertiary/aromatic N) is 2. The molecule has 1 unspecified atom stereocenters. The number of thiazole rings is 1. The molecule has 112 valence electrons. The van der Waals surface area contributed by atoms with Gasteiger partial charge < -0.3 is 10.6 Å². The topological polar surface area (TPSA) is 59.2 Å². The predicted molar refractivity (Wildman–Crippen MR) is 88.2 cm³/mol. The number of aromatic nitrogens is 1. The number of hydrogen-bond donors (Lipinski definition) is 1. The third-order valence-corrected chi connectivity index (χ3v) is 4.41. The van der Waals surface area contributed by atoms with Gasteiger partial charge in [-0.05, 0) is 24.0 Å². The Hall–Kier alpha value is -1.43. The van der Waals surface area contributed by atoms with E-state index in [1.165, 1.54) is 16.9 Å². The summed E-state index contributed by atoms with van der Waals surface area (Å²) in [5.74, 6) is 0.432. The molecule has 1 atom stereocenters. The summed E-state index contributed by atoms with van der Waals surface area (Å²) < 4.78 is 0. The predicted octanol–water partition coefficient (Wildman–Crippen LogP) is 2.86. The Morgan fingerprint density at radius 3 is 2.95 bits per heavy atom. The van der Waals surface area contributed by atoms with Crippen LogP contribution in [0.5, 0.6) is 0 Å². The van der Waals surface area contributed by atoms with Gasteiger partial charge in [-0.2, -0.15) is 0 Å². The van der Waals surface area contributed by atoms with Gasteiger partial charge in [0.1, 0.15) is 10.7 Å².